The highest BCUT2D eigenvalue weighted by atomic mass is 16.4. The maximum atomic E-state index is 10.7. The average molecular weight is 216 g/mol. The van der Waals surface area contributed by atoms with Crippen molar-refractivity contribution in [1.29, 1.82) is 0 Å². The topological polar surface area (TPSA) is 55.1 Å². The molecule has 4 heteroatoms. The minimum atomic E-state index is -0.917. The SMILES string of the molecule is Cc1cc(C)n(-c2ccc(C(=O)O)cc2)n1. The van der Waals surface area contributed by atoms with Crippen LogP contribution >= 0.6 is 0 Å². The number of benzene rings is 1. The number of hydrogen-bond donors (Lipinski definition) is 1. The number of aromatic carboxylic acids is 1. The largest absolute Gasteiger partial charge is 0.478 e. The first kappa shape index (κ1) is 10.4. The minimum Gasteiger partial charge on any atom is -0.478 e. The fraction of sp³-hybridized carbons (Fsp3) is 0.167. The Bertz CT molecular complexity index is 526. The van der Waals surface area contributed by atoms with Gasteiger partial charge >= 0.3 is 5.97 Å². The van der Waals surface area contributed by atoms with Crippen LogP contribution in [0.25, 0.3) is 5.69 Å². The highest BCUT2D eigenvalue weighted by Gasteiger charge is 2.05. The van der Waals surface area contributed by atoms with E-state index in [9.17, 15) is 4.79 Å². The predicted molar refractivity (Wildman–Crippen MR) is 60.0 cm³/mol. The zero-order valence-electron chi connectivity index (χ0n) is 9.14. The second-order valence-corrected chi connectivity index (χ2v) is 3.69. The summed E-state index contributed by atoms with van der Waals surface area (Å²) in [6, 6.07) is 8.64. The van der Waals surface area contributed by atoms with E-state index in [-0.39, 0.29) is 5.56 Å². The number of aryl methyl sites for hydroxylation is 2. The summed E-state index contributed by atoms with van der Waals surface area (Å²) in [5, 5.41) is 13.1. The minimum absolute atomic E-state index is 0.283. The summed E-state index contributed by atoms with van der Waals surface area (Å²) in [6.07, 6.45) is 0. The average Bonchev–Trinajstić information content (AvgIpc) is 2.58. The third-order valence-corrected chi connectivity index (χ3v) is 2.37. The lowest BCUT2D eigenvalue weighted by Crippen LogP contribution is -2.01. The van der Waals surface area contributed by atoms with Crippen LogP contribution in [-0.4, -0.2) is 20.9 Å². The van der Waals surface area contributed by atoms with Gasteiger partial charge < -0.3 is 5.11 Å². The molecule has 0 fully saturated rings. The van der Waals surface area contributed by atoms with Crippen molar-refractivity contribution in [3.8, 4) is 5.69 Å². The Hall–Kier alpha value is -2.10. The van der Waals surface area contributed by atoms with Gasteiger partial charge in [-0.3, -0.25) is 0 Å². The van der Waals surface area contributed by atoms with E-state index in [0.717, 1.165) is 17.1 Å². The molecule has 0 aliphatic heterocycles. The van der Waals surface area contributed by atoms with E-state index in [1.165, 1.54) is 0 Å². The Morgan fingerprint density at radius 3 is 2.31 bits per heavy atom. The van der Waals surface area contributed by atoms with E-state index in [2.05, 4.69) is 5.10 Å². The zero-order valence-corrected chi connectivity index (χ0v) is 9.14. The number of hydrogen-bond acceptors (Lipinski definition) is 2. The summed E-state index contributed by atoms with van der Waals surface area (Å²) >= 11 is 0. The molecule has 0 amide bonds. The lowest BCUT2D eigenvalue weighted by molar-refractivity contribution is 0.0697. The highest BCUT2D eigenvalue weighted by Crippen LogP contribution is 2.12. The Balaban J connectivity index is 2.42. The van der Waals surface area contributed by atoms with E-state index >= 15 is 0 Å². The molecule has 1 heterocycles. The highest BCUT2D eigenvalue weighted by molar-refractivity contribution is 5.87. The van der Waals surface area contributed by atoms with Crippen molar-refractivity contribution < 1.29 is 9.90 Å². The molecule has 0 unspecified atom stereocenters. The van der Waals surface area contributed by atoms with Crippen LogP contribution in [0.2, 0.25) is 0 Å². The molecule has 4 nitrogen and oxygen atoms in total. The maximum absolute atomic E-state index is 10.7. The lowest BCUT2D eigenvalue weighted by atomic mass is 10.2. The summed E-state index contributed by atoms with van der Waals surface area (Å²) in [7, 11) is 0. The Labute approximate surface area is 93.1 Å². The molecule has 0 aliphatic carbocycles. The molecule has 1 aromatic heterocycles. The van der Waals surface area contributed by atoms with Gasteiger partial charge in [0.15, 0.2) is 0 Å². The van der Waals surface area contributed by atoms with E-state index in [1.807, 2.05) is 19.9 Å². The van der Waals surface area contributed by atoms with Crippen LogP contribution in [0.15, 0.2) is 30.3 Å². The third-order valence-electron chi connectivity index (χ3n) is 2.37. The quantitative estimate of drug-likeness (QED) is 0.837. The van der Waals surface area contributed by atoms with Crippen molar-refractivity contribution in [2.45, 2.75) is 13.8 Å². The van der Waals surface area contributed by atoms with Gasteiger partial charge in [-0.05, 0) is 44.2 Å². The van der Waals surface area contributed by atoms with Gasteiger partial charge in [-0.2, -0.15) is 5.10 Å². The van der Waals surface area contributed by atoms with E-state index in [4.69, 9.17) is 5.11 Å². The van der Waals surface area contributed by atoms with Crippen LogP contribution in [-0.2, 0) is 0 Å². The Morgan fingerprint density at radius 2 is 1.88 bits per heavy atom. The molecular weight excluding hydrogens is 204 g/mol. The molecule has 0 saturated heterocycles. The molecule has 82 valence electrons. The van der Waals surface area contributed by atoms with Gasteiger partial charge in [-0.15, -0.1) is 0 Å². The fourth-order valence-electron chi connectivity index (χ4n) is 1.64. The number of carboxylic acids is 1. The van der Waals surface area contributed by atoms with E-state index < -0.39 is 5.97 Å². The smallest absolute Gasteiger partial charge is 0.335 e. The van der Waals surface area contributed by atoms with Gasteiger partial charge in [0.05, 0.1) is 16.9 Å². The second-order valence-electron chi connectivity index (χ2n) is 3.69. The molecule has 2 aromatic rings. The first-order chi connectivity index (χ1) is 7.58. The maximum Gasteiger partial charge on any atom is 0.335 e. The van der Waals surface area contributed by atoms with Crippen LogP contribution in [0.4, 0.5) is 0 Å². The van der Waals surface area contributed by atoms with Crippen LogP contribution in [0.3, 0.4) is 0 Å². The molecule has 0 spiro atoms. The van der Waals surface area contributed by atoms with Crippen LogP contribution in [0.1, 0.15) is 21.7 Å². The molecule has 0 aliphatic rings. The monoisotopic (exact) mass is 216 g/mol. The number of nitrogens with zero attached hydrogens (tertiary/aromatic N) is 2. The van der Waals surface area contributed by atoms with Crippen LogP contribution in [0, 0.1) is 13.8 Å². The normalized spacial score (nSPS) is 10.4. The number of aromatic nitrogens is 2. The molecule has 0 radical (unpaired) electrons. The molecule has 1 N–H and O–H groups in total. The summed E-state index contributed by atoms with van der Waals surface area (Å²) in [5.41, 5.74) is 3.13. The molecular formula is C12H12N2O2. The van der Waals surface area contributed by atoms with E-state index in [1.54, 1.807) is 28.9 Å². The second kappa shape index (κ2) is 3.81. The van der Waals surface area contributed by atoms with Crippen molar-refractivity contribution in [2.24, 2.45) is 0 Å². The van der Waals surface area contributed by atoms with Gasteiger partial charge in [0.2, 0.25) is 0 Å². The summed E-state index contributed by atoms with van der Waals surface area (Å²) in [4.78, 5) is 10.7. The number of carboxylic acid groups (broad SMARTS) is 1. The van der Waals surface area contributed by atoms with Gasteiger partial charge in [0.1, 0.15) is 0 Å². The Kier molecular flexibility index (Phi) is 2.48. The fourth-order valence-corrected chi connectivity index (χ4v) is 1.64. The first-order valence-electron chi connectivity index (χ1n) is 4.95. The van der Waals surface area contributed by atoms with Crippen molar-refractivity contribution in [3.05, 3.63) is 47.3 Å². The van der Waals surface area contributed by atoms with E-state index in [0.29, 0.717) is 0 Å². The number of carbonyl (C=O) groups is 1. The molecule has 2 rings (SSSR count). The molecule has 0 saturated carbocycles. The standard InChI is InChI=1S/C12H12N2O2/c1-8-7-9(2)14(13-8)11-5-3-10(4-6-11)12(15)16/h3-7H,1-2H3,(H,15,16). The predicted octanol–water partition coefficient (Wildman–Crippen LogP) is 2.19. The van der Waals surface area contributed by atoms with Gasteiger partial charge in [-0.25, -0.2) is 9.48 Å². The summed E-state index contributed by atoms with van der Waals surface area (Å²) in [5.74, 6) is -0.917. The van der Waals surface area contributed by atoms with Crippen molar-refractivity contribution in [2.75, 3.05) is 0 Å². The van der Waals surface area contributed by atoms with Gasteiger partial charge in [-0.1, -0.05) is 0 Å². The molecule has 0 bridgehead atoms. The van der Waals surface area contributed by atoms with Crippen LogP contribution in [0.5, 0.6) is 0 Å². The third kappa shape index (κ3) is 1.82. The number of rotatable bonds is 2. The van der Waals surface area contributed by atoms with Crippen molar-refractivity contribution in [3.63, 3.8) is 0 Å². The summed E-state index contributed by atoms with van der Waals surface area (Å²) < 4.78 is 1.79. The zero-order chi connectivity index (χ0) is 11.7. The molecule has 0 atom stereocenters. The van der Waals surface area contributed by atoms with Gasteiger partial charge in [0, 0.05) is 5.69 Å². The summed E-state index contributed by atoms with van der Waals surface area (Å²) in [6.45, 7) is 3.89. The Morgan fingerprint density at radius 1 is 1.25 bits per heavy atom. The lowest BCUT2D eigenvalue weighted by Gasteiger charge is -2.04. The van der Waals surface area contributed by atoms with Gasteiger partial charge in [0.25, 0.3) is 0 Å². The van der Waals surface area contributed by atoms with Crippen molar-refractivity contribution in [1.82, 2.24) is 9.78 Å². The first-order valence-corrected chi connectivity index (χ1v) is 4.95. The van der Waals surface area contributed by atoms with Crippen molar-refractivity contribution >= 4 is 5.97 Å². The molecule has 16 heavy (non-hydrogen) atoms. The molecule has 1 aromatic carbocycles. The van der Waals surface area contributed by atoms with Crippen LogP contribution < -0.4 is 0 Å².